The maximum Gasteiger partial charge on any atom is 0.411 e. The monoisotopic (exact) mass is 502 g/mol. The summed E-state index contributed by atoms with van der Waals surface area (Å²) in [5.74, 6) is 0. The summed E-state index contributed by atoms with van der Waals surface area (Å²) in [6.07, 6.45) is 2.41. The van der Waals surface area contributed by atoms with E-state index in [-0.39, 0.29) is 23.7 Å². The van der Waals surface area contributed by atoms with Crippen LogP contribution in [0.3, 0.4) is 0 Å². The van der Waals surface area contributed by atoms with E-state index >= 15 is 0 Å². The lowest BCUT2D eigenvalue weighted by molar-refractivity contribution is -0.101. The predicted octanol–water partition coefficient (Wildman–Crippen LogP) is 5.05. The summed E-state index contributed by atoms with van der Waals surface area (Å²) in [7, 11) is 0. The largest absolute Gasteiger partial charge is 0.438 e. The number of cyclic esters (lactones) is 1. The number of aliphatic hydroxyl groups is 1. The van der Waals surface area contributed by atoms with E-state index < -0.39 is 11.2 Å². The number of carbonyl (C=O) groups excluding carboxylic acids is 1. The van der Waals surface area contributed by atoms with E-state index in [1.807, 2.05) is 73.8 Å². The highest BCUT2D eigenvalue weighted by molar-refractivity contribution is 5.70. The van der Waals surface area contributed by atoms with Gasteiger partial charge in [-0.3, -0.25) is 4.79 Å². The third kappa shape index (κ3) is 5.20. The van der Waals surface area contributed by atoms with Crippen LogP contribution in [0.4, 0.5) is 4.79 Å². The standard InChI is InChI=1S/C30H34N2O5/c1-21(22-9-11-23(12-10-22)24-13-14-27(33)32(17-24)26-18-36-19-26)31-16-15-30(37-28(31)34,20-29(2,3)35)25-7-5-4-6-8-25/h4-14,17,21,26,35H,15-16,18-20H2,1-3H3/t21-,30-/m0/s1. The van der Waals surface area contributed by atoms with Crippen LogP contribution in [0.2, 0.25) is 0 Å². The topological polar surface area (TPSA) is 81.0 Å². The fourth-order valence-electron chi connectivity index (χ4n) is 5.37. The van der Waals surface area contributed by atoms with Crippen molar-refractivity contribution in [2.45, 2.75) is 56.9 Å². The molecular weight excluding hydrogens is 468 g/mol. The molecule has 2 saturated heterocycles. The van der Waals surface area contributed by atoms with Crippen LogP contribution in [0.15, 0.2) is 77.7 Å². The van der Waals surface area contributed by atoms with Gasteiger partial charge in [0, 0.05) is 31.6 Å². The molecule has 1 aromatic heterocycles. The average molecular weight is 503 g/mol. The number of hydrogen-bond acceptors (Lipinski definition) is 5. The first kappa shape index (κ1) is 25.2. The van der Waals surface area contributed by atoms with E-state index in [0.29, 0.717) is 32.6 Å². The Morgan fingerprint density at radius 1 is 1.00 bits per heavy atom. The zero-order valence-electron chi connectivity index (χ0n) is 21.6. The Morgan fingerprint density at radius 3 is 2.27 bits per heavy atom. The Hall–Kier alpha value is -3.42. The fraction of sp³-hybridized carbons (Fsp3) is 0.400. The van der Waals surface area contributed by atoms with Crippen molar-refractivity contribution >= 4 is 6.09 Å². The number of pyridine rings is 1. The van der Waals surface area contributed by atoms with Gasteiger partial charge in [-0.25, -0.2) is 4.79 Å². The number of rotatable bonds is 7. The van der Waals surface area contributed by atoms with Gasteiger partial charge in [0.25, 0.3) is 5.56 Å². The minimum absolute atomic E-state index is 0.0259. The van der Waals surface area contributed by atoms with Gasteiger partial charge in [-0.15, -0.1) is 0 Å². The van der Waals surface area contributed by atoms with Crippen molar-refractivity contribution in [1.29, 1.82) is 0 Å². The summed E-state index contributed by atoms with van der Waals surface area (Å²) >= 11 is 0. The number of amides is 1. The summed E-state index contributed by atoms with van der Waals surface area (Å²) in [5.41, 5.74) is 1.97. The van der Waals surface area contributed by atoms with Crippen molar-refractivity contribution in [1.82, 2.24) is 9.47 Å². The Labute approximate surface area is 217 Å². The highest BCUT2D eigenvalue weighted by Crippen LogP contribution is 2.42. The lowest BCUT2D eigenvalue weighted by Gasteiger charge is -2.45. The van der Waals surface area contributed by atoms with Crippen LogP contribution < -0.4 is 5.56 Å². The van der Waals surface area contributed by atoms with Crippen molar-refractivity contribution in [2.75, 3.05) is 19.8 Å². The van der Waals surface area contributed by atoms with Crippen LogP contribution in [0.5, 0.6) is 0 Å². The van der Waals surface area contributed by atoms with Crippen LogP contribution >= 0.6 is 0 Å². The van der Waals surface area contributed by atoms with Gasteiger partial charge in [-0.05, 0) is 49.1 Å². The Morgan fingerprint density at radius 2 is 1.68 bits per heavy atom. The van der Waals surface area contributed by atoms with Crippen LogP contribution in [0.25, 0.3) is 11.1 Å². The molecule has 3 aromatic rings. The minimum atomic E-state index is -0.992. The molecule has 0 radical (unpaired) electrons. The van der Waals surface area contributed by atoms with Crippen LogP contribution in [-0.4, -0.2) is 46.0 Å². The molecule has 0 unspecified atom stereocenters. The second kappa shape index (κ2) is 9.80. The Kier molecular flexibility index (Phi) is 6.68. The Bertz CT molecular complexity index is 1310. The van der Waals surface area contributed by atoms with Crippen LogP contribution in [-0.2, 0) is 15.1 Å². The molecule has 2 aliphatic heterocycles. The summed E-state index contributed by atoms with van der Waals surface area (Å²) in [5, 5.41) is 10.6. The molecular formula is C30H34N2O5. The zero-order valence-corrected chi connectivity index (χ0v) is 21.6. The van der Waals surface area contributed by atoms with E-state index in [4.69, 9.17) is 9.47 Å². The second-order valence-corrected chi connectivity index (χ2v) is 10.8. The summed E-state index contributed by atoms with van der Waals surface area (Å²) in [4.78, 5) is 27.3. The number of hydrogen-bond donors (Lipinski definition) is 1. The van der Waals surface area contributed by atoms with Gasteiger partial charge in [0.2, 0.25) is 0 Å². The third-order valence-electron chi connectivity index (χ3n) is 7.44. The van der Waals surface area contributed by atoms with Crippen LogP contribution in [0.1, 0.15) is 56.8 Å². The van der Waals surface area contributed by atoms with Crippen molar-refractivity contribution in [3.8, 4) is 11.1 Å². The third-order valence-corrected chi connectivity index (χ3v) is 7.44. The molecule has 1 amide bonds. The molecule has 1 N–H and O–H groups in total. The van der Waals surface area contributed by atoms with Gasteiger partial charge in [0.1, 0.15) is 5.60 Å². The van der Waals surface area contributed by atoms with Crippen molar-refractivity contribution in [2.24, 2.45) is 0 Å². The van der Waals surface area contributed by atoms with Gasteiger partial charge >= 0.3 is 6.09 Å². The quantitative estimate of drug-likeness (QED) is 0.489. The van der Waals surface area contributed by atoms with E-state index in [1.165, 1.54) is 0 Å². The molecule has 0 bridgehead atoms. The summed E-state index contributed by atoms with van der Waals surface area (Å²) in [6, 6.07) is 21.1. The van der Waals surface area contributed by atoms with Gasteiger partial charge in [0.15, 0.2) is 0 Å². The molecule has 2 atom stereocenters. The molecule has 7 nitrogen and oxygen atoms in total. The number of aromatic nitrogens is 1. The molecule has 2 fully saturated rings. The molecule has 0 saturated carbocycles. The number of benzene rings is 2. The molecule has 5 rings (SSSR count). The molecule has 0 spiro atoms. The predicted molar refractivity (Wildman–Crippen MR) is 141 cm³/mol. The molecule has 37 heavy (non-hydrogen) atoms. The van der Waals surface area contributed by atoms with Gasteiger partial charge in [-0.1, -0.05) is 54.6 Å². The lowest BCUT2D eigenvalue weighted by atomic mass is 9.80. The minimum Gasteiger partial charge on any atom is -0.438 e. The van der Waals surface area contributed by atoms with Gasteiger partial charge in [0.05, 0.1) is 30.9 Å². The van der Waals surface area contributed by atoms with E-state index in [0.717, 1.165) is 22.3 Å². The van der Waals surface area contributed by atoms with Crippen molar-refractivity contribution in [3.63, 3.8) is 0 Å². The number of nitrogens with zero attached hydrogens (tertiary/aromatic N) is 2. The smallest absolute Gasteiger partial charge is 0.411 e. The molecule has 2 aliphatic rings. The van der Waals surface area contributed by atoms with E-state index in [2.05, 4.69) is 0 Å². The van der Waals surface area contributed by atoms with Crippen LogP contribution in [0, 0.1) is 0 Å². The highest BCUT2D eigenvalue weighted by atomic mass is 16.6. The van der Waals surface area contributed by atoms with Crippen molar-refractivity contribution in [3.05, 3.63) is 94.4 Å². The normalized spacial score (nSPS) is 21.3. The first-order chi connectivity index (χ1) is 17.7. The molecule has 7 heteroatoms. The maximum absolute atomic E-state index is 13.3. The lowest BCUT2D eigenvalue weighted by Crippen LogP contribution is -2.51. The van der Waals surface area contributed by atoms with Crippen molar-refractivity contribution < 1.29 is 19.4 Å². The van der Waals surface area contributed by atoms with E-state index in [1.54, 1.807) is 29.4 Å². The fourth-order valence-corrected chi connectivity index (χ4v) is 5.37. The average Bonchev–Trinajstić information content (AvgIpc) is 2.84. The zero-order chi connectivity index (χ0) is 26.2. The highest BCUT2D eigenvalue weighted by Gasteiger charge is 2.46. The molecule has 3 heterocycles. The van der Waals surface area contributed by atoms with E-state index in [9.17, 15) is 14.7 Å². The number of ether oxygens (including phenoxy) is 2. The summed E-state index contributed by atoms with van der Waals surface area (Å²) in [6.45, 7) is 7.13. The molecule has 2 aromatic carbocycles. The first-order valence-electron chi connectivity index (χ1n) is 12.8. The summed E-state index contributed by atoms with van der Waals surface area (Å²) < 4.78 is 13.1. The SMILES string of the molecule is C[C@@H](c1ccc(-c2ccc(=O)n(C3COC3)c2)cc1)N1CC[C@](CC(C)(C)O)(c2ccccc2)OC1=O. The molecule has 194 valence electrons. The second-order valence-electron chi connectivity index (χ2n) is 10.8. The number of carbonyl (C=O) groups is 1. The van der Waals surface area contributed by atoms with Gasteiger partial charge in [-0.2, -0.15) is 0 Å². The molecule has 0 aliphatic carbocycles. The maximum atomic E-state index is 13.3. The first-order valence-corrected chi connectivity index (χ1v) is 12.8. The Balaban J connectivity index is 1.33. The van der Waals surface area contributed by atoms with Gasteiger partial charge < -0.3 is 24.0 Å².